The molecule has 0 aromatic heterocycles. The molecule has 1 aromatic carbocycles. The van der Waals surface area contributed by atoms with Crippen LogP contribution in [0, 0.1) is 0 Å². The second kappa shape index (κ2) is 5.79. The highest BCUT2D eigenvalue weighted by molar-refractivity contribution is 8.13. The molecule has 19 heavy (non-hydrogen) atoms. The summed E-state index contributed by atoms with van der Waals surface area (Å²) in [6.45, 7) is 5.23. The maximum Gasteiger partial charge on any atom is 0.264 e. The summed E-state index contributed by atoms with van der Waals surface area (Å²) in [6.07, 6.45) is 0. The number of halogens is 1. The smallest absolute Gasteiger partial charge is 0.264 e. The normalized spacial score (nSPS) is 12.0. The van der Waals surface area contributed by atoms with E-state index in [1.165, 1.54) is 18.2 Å². The lowest BCUT2D eigenvalue weighted by Gasteiger charge is -2.20. The van der Waals surface area contributed by atoms with E-state index < -0.39 is 9.05 Å². The molecular formula is C12H16ClNO4S. The highest BCUT2D eigenvalue weighted by Crippen LogP contribution is 2.26. The van der Waals surface area contributed by atoms with E-state index in [1.807, 2.05) is 20.8 Å². The van der Waals surface area contributed by atoms with Gasteiger partial charge in [-0.1, -0.05) is 12.1 Å². The summed E-state index contributed by atoms with van der Waals surface area (Å²) in [5.41, 5.74) is -0.376. The van der Waals surface area contributed by atoms with Gasteiger partial charge in [0.15, 0.2) is 6.61 Å². The Bertz CT molecular complexity index is 563. The lowest BCUT2D eigenvalue weighted by Crippen LogP contribution is -2.43. The number of para-hydroxylation sites is 1. The molecular weight excluding hydrogens is 290 g/mol. The van der Waals surface area contributed by atoms with Crippen LogP contribution >= 0.6 is 10.7 Å². The average Bonchev–Trinajstić information content (AvgIpc) is 2.23. The van der Waals surface area contributed by atoms with Gasteiger partial charge in [-0.15, -0.1) is 0 Å². The summed E-state index contributed by atoms with van der Waals surface area (Å²) in [5.74, 6) is -0.282. The maximum atomic E-state index is 11.6. The molecule has 0 spiro atoms. The van der Waals surface area contributed by atoms with E-state index in [4.69, 9.17) is 15.4 Å². The molecule has 1 amide bonds. The van der Waals surface area contributed by atoms with Gasteiger partial charge in [-0.25, -0.2) is 8.42 Å². The van der Waals surface area contributed by atoms with Gasteiger partial charge in [0, 0.05) is 16.2 Å². The molecule has 1 N–H and O–H groups in total. The standard InChI is InChI=1S/C12H16ClNO4S/c1-12(2,3)14-11(15)8-18-9-6-4-5-7-10(9)19(13,16)17/h4-7H,8H2,1-3H3,(H,14,15). The lowest BCUT2D eigenvalue weighted by molar-refractivity contribution is -0.124. The van der Waals surface area contributed by atoms with E-state index in [9.17, 15) is 13.2 Å². The van der Waals surface area contributed by atoms with Crippen molar-refractivity contribution in [2.45, 2.75) is 31.2 Å². The fourth-order valence-electron chi connectivity index (χ4n) is 1.37. The Morgan fingerprint density at radius 3 is 2.42 bits per heavy atom. The molecule has 0 fully saturated rings. The number of amides is 1. The Morgan fingerprint density at radius 1 is 1.32 bits per heavy atom. The predicted octanol–water partition coefficient (Wildman–Crippen LogP) is 1.91. The Morgan fingerprint density at radius 2 is 1.89 bits per heavy atom. The van der Waals surface area contributed by atoms with Crippen molar-refractivity contribution in [1.82, 2.24) is 5.32 Å². The van der Waals surface area contributed by atoms with Gasteiger partial charge in [0.05, 0.1) is 0 Å². The van der Waals surface area contributed by atoms with E-state index in [0.29, 0.717) is 0 Å². The summed E-state index contributed by atoms with van der Waals surface area (Å²) >= 11 is 0. The maximum absolute atomic E-state index is 11.6. The molecule has 0 aliphatic carbocycles. The summed E-state index contributed by atoms with van der Waals surface area (Å²) in [5, 5.41) is 2.70. The summed E-state index contributed by atoms with van der Waals surface area (Å²) < 4.78 is 27.8. The summed E-state index contributed by atoms with van der Waals surface area (Å²) in [6, 6.07) is 5.89. The zero-order valence-electron chi connectivity index (χ0n) is 10.9. The third kappa shape index (κ3) is 5.48. The SMILES string of the molecule is CC(C)(C)NC(=O)COc1ccccc1S(=O)(=O)Cl. The second-order valence-electron chi connectivity index (χ2n) is 4.97. The molecule has 0 saturated carbocycles. The third-order valence-corrected chi connectivity index (χ3v) is 3.35. The molecule has 0 aliphatic rings. The van der Waals surface area contributed by atoms with E-state index in [2.05, 4.69) is 5.32 Å². The lowest BCUT2D eigenvalue weighted by atomic mass is 10.1. The van der Waals surface area contributed by atoms with Crippen molar-refractivity contribution in [3.63, 3.8) is 0 Å². The Balaban J connectivity index is 2.77. The van der Waals surface area contributed by atoms with Crippen molar-refractivity contribution < 1.29 is 17.9 Å². The van der Waals surface area contributed by atoms with Crippen molar-refractivity contribution in [2.75, 3.05) is 6.61 Å². The molecule has 0 aliphatic heterocycles. The van der Waals surface area contributed by atoms with Crippen molar-refractivity contribution in [3.8, 4) is 5.75 Å². The van der Waals surface area contributed by atoms with Gasteiger partial charge in [0.2, 0.25) is 0 Å². The van der Waals surface area contributed by atoms with Crippen LogP contribution in [0.1, 0.15) is 20.8 Å². The molecule has 0 radical (unpaired) electrons. The van der Waals surface area contributed by atoms with Gasteiger partial charge in [0.25, 0.3) is 15.0 Å². The molecule has 0 heterocycles. The minimum atomic E-state index is -3.90. The van der Waals surface area contributed by atoms with Crippen LogP contribution in [0.25, 0.3) is 0 Å². The first kappa shape index (κ1) is 15.8. The fraction of sp³-hybridized carbons (Fsp3) is 0.417. The molecule has 7 heteroatoms. The first-order valence-electron chi connectivity index (χ1n) is 5.57. The van der Waals surface area contributed by atoms with Gasteiger partial charge in [-0.2, -0.15) is 0 Å². The molecule has 0 bridgehead atoms. The van der Waals surface area contributed by atoms with Crippen molar-refractivity contribution in [3.05, 3.63) is 24.3 Å². The minimum absolute atomic E-state index is 0.0570. The van der Waals surface area contributed by atoms with Crippen LogP contribution in [0.5, 0.6) is 5.75 Å². The zero-order valence-corrected chi connectivity index (χ0v) is 12.5. The van der Waals surface area contributed by atoms with Crippen LogP contribution in [0.2, 0.25) is 0 Å². The predicted molar refractivity (Wildman–Crippen MR) is 72.9 cm³/mol. The number of carbonyl (C=O) groups is 1. The van der Waals surface area contributed by atoms with Crippen LogP contribution in [0.4, 0.5) is 0 Å². The average molecular weight is 306 g/mol. The number of hydrogen-bond acceptors (Lipinski definition) is 4. The fourth-order valence-corrected chi connectivity index (χ4v) is 2.36. The number of benzene rings is 1. The van der Waals surface area contributed by atoms with Gasteiger partial charge < -0.3 is 10.1 Å². The first-order valence-corrected chi connectivity index (χ1v) is 7.88. The van der Waals surface area contributed by atoms with Crippen molar-refractivity contribution in [2.24, 2.45) is 0 Å². The molecule has 0 atom stereocenters. The number of rotatable bonds is 4. The summed E-state index contributed by atoms with van der Waals surface area (Å²) in [7, 11) is 1.38. The van der Waals surface area contributed by atoms with Gasteiger partial charge in [-0.05, 0) is 32.9 Å². The van der Waals surface area contributed by atoms with Gasteiger partial charge in [0.1, 0.15) is 10.6 Å². The molecule has 5 nitrogen and oxygen atoms in total. The number of hydrogen-bond donors (Lipinski definition) is 1. The Kier molecular flexibility index (Phi) is 4.81. The van der Waals surface area contributed by atoms with Crippen LogP contribution < -0.4 is 10.1 Å². The highest BCUT2D eigenvalue weighted by atomic mass is 35.7. The summed E-state index contributed by atoms with van der Waals surface area (Å²) in [4.78, 5) is 11.4. The zero-order chi connectivity index (χ0) is 14.7. The molecule has 1 rings (SSSR count). The Labute approximate surface area is 117 Å². The van der Waals surface area contributed by atoms with Crippen molar-refractivity contribution >= 4 is 25.6 Å². The topological polar surface area (TPSA) is 72.5 Å². The molecule has 0 saturated heterocycles. The van der Waals surface area contributed by atoms with Gasteiger partial charge in [-0.3, -0.25) is 4.79 Å². The van der Waals surface area contributed by atoms with E-state index >= 15 is 0 Å². The van der Waals surface area contributed by atoms with Crippen LogP contribution in [-0.2, 0) is 13.8 Å². The van der Waals surface area contributed by atoms with Crippen LogP contribution in [0.15, 0.2) is 29.2 Å². The largest absolute Gasteiger partial charge is 0.482 e. The van der Waals surface area contributed by atoms with Crippen LogP contribution in [0.3, 0.4) is 0 Å². The highest BCUT2D eigenvalue weighted by Gasteiger charge is 2.18. The number of ether oxygens (including phenoxy) is 1. The second-order valence-corrected chi connectivity index (χ2v) is 7.51. The van der Waals surface area contributed by atoms with E-state index in [-0.39, 0.29) is 28.7 Å². The molecule has 1 aromatic rings. The van der Waals surface area contributed by atoms with E-state index in [1.54, 1.807) is 6.07 Å². The number of carbonyl (C=O) groups excluding carboxylic acids is 1. The van der Waals surface area contributed by atoms with Gasteiger partial charge >= 0.3 is 0 Å². The molecule has 0 unspecified atom stereocenters. The third-order valence-electron chi connectivity index (χ3n) is 1.99. The quantitative estimate of drug-likeness (QED) is 0.862. The van der Waals surface area contributed by atoms with Crippen LogP contribution in [-0.4, -0.2) is 26.5 Å². The van der Waals surface area contributed by atoms with Crippen molar-refractivity contribution in [1.29, 1.82) is 0 Å². The monoisotopic (exact) mass is 305 g/mol. The number of nitrogens with one attached hydrogen (secondary N) is 1. The Hall–Kier alpha value is -1.27. The first-order chi connectivity index (χ1) is 8.59. The minimum Gasteiger partial charge on any atom is -0.482 e. The molecule has 106 valence electrons. The van der Waals surface area contributed by atoms with E-state index in [0.717, 1.165) is 0 Å².